The van der Waals surface area contributed by atoms with E-state index in [2.05, 4.69) is 22.2 Å². The molecule has 0 saturated heterocycles. The zero-order valence-corrected chi connectivity index (χ0v) is 12.5. The van der Waals surface area contributed by atoms with E-state index in [-0.39, 0.29) is 0 Å². The van der Waals surface area contributed by atoms with Crippen molar-refractivity contribution in [2.45, 2.75) is 59.3 Å². The number of rotatable bonds is 8. The summed E-state index contributed by atoms with van der Waals surface area (Å²) in [4.78, 5) is 8.67. The Bertz CT molecular complexity index is 366. The molecule has 0 saturated carbocycles. The highest BCUT2D eigenvalue weighted by Crippen LogP contribution is 2.18. The van der Waals surface area contributed by atoms with Gasteiger partial charge in [0.15, 0.2) is 11.0 Å². The maximum absolute atomic E-state index is 6.05. The predicted molar refractivity (Wildman–Crippen MR) is 78.4 cm³/mol. The van der Waals surface area contributed by atoms with Crippen molar-refractivity contribution in [1.29, 1.82) is 0 Å². The van der Waals surface area contributed by atoms with Crippen molar-refractivity contribution in [1.82, 2.24) is 9.97 Å². The van der Waals surface area contributed by atoms with Gasteiger partial charge in [0.05, 0.1) is 11.4 Å². The Morgan fingerprint density at radius 2 is 1.56 bits per heavy atom. The van der Waals surface area contributed by atoms with Gasteiger partial charge in [-0.15, -0.1) is 0 Å². The highest BCUT2D eigenvalue weighted by Gasteiger charge is 2.05. The second kappa shape index (κ2) is 8.30. The highest BCUT2D eigenvalue weighted by atomic mass is 35.5. The molecule has 1 rings (SSSR count). The lowest BCUT2D eigenvalue weighted by Gasteiger charge is -2.09. The van der Waals surface area contributed by atoms with Crippen molar-refractivity contribution < 1.29 is 0 Å². The van der Waals surface area contributed by atoms with Gasteiger partial charge in [0.2, 0.25) is 0 Å². The van der Waals surface area contributed by atoms with E-state index in [0.29, 0.717) is 11.0 Å². The van der Waals surface area contributed by atoms with Gasteiger partial charge >= 0.3 is 0 Å². The van der Waals surface area contributed by atoms with Gasteiger partial charge in [-0.3, -0.25) is 0 Å². The van der Waals surface area contributed by atoms with Gasteiger partial charge in [0.25, 0.3) is 0 Å². The smallest absolute Gasteiger partial charge is 0.171 e. The lowest BCUT2D eigenvalue weighted by molar-refractivity contribution is 0.616. The molecule has 0 aliphatic carbocycles. The highest BCUT2D eigenvalue weighted by molar-refractivity contribution is 6.31. The summed E-state index contributed by atoms with van der Waals surface area (Å²) in [7, 11) is 0. The summed E-state index contributed by atoms with van der Waals surface area (Å²) in [6.07, 6.45) is 7.74. The molecule has 1 aromatic rings. The van der Waals surface area contributed by atoms with E-state index in [0.717, 1.165) is 24.4 Å². The van der Waals surface area contributed by atoms with Crippen LogP contribution in [0.3, 0.4) is 0 Å². The number of hydrogen-bond acceptors (Lipinski definition) is 3. The van der Waals surface area contributed by atoms with Crippen LogP contribution in [0.2, 0.25) is 5.15 Å². The van der Waals surface area contributed by atoms with Crippen LogP contribution >= 0.6 is 11.6 Å². The molecule has 102 valence electrons. The van der Waals surface area contributed by atoms with Gasteiger partial charge in [-0.2, -0.15) is 0 Å². The molecule has 0 amide bonds. The molecular formula is C14H24ClN3. The lowest BCUT2D eigenvalue weighted by Crippen LogP contribution is -2.06. The first-order valence-electron chi connectivity index (χ1n) is 6.89. The fourth-order valence-corrected chi connectivity index (χ4v) is 2.04. The number of aromatic nitrogens is 2. The first kappa shape index (κ1) is 15.2. The molecule has 1 aromatic heterocycles. The maximum Gasteiger partial charge on any atom is 0.171 e. The van der Waals surface area contributed by atoms with Crippen molar-refractivity contribution in [2.24, 2.45) is 0 Å². The van der Waals surface area contributed by atoms with E-state index in [1.54, 1.807) is 0 Å². The summed E-state index contributed by atoms with van der Waals surface area (Å²) in [6.45, 7) is 7.03. The molecule has 1 N–H and O–H groups in total. The molecule has 1 heterocycles. The SMILES string of the molecule is CCCCCCCCNc1nc(C)c(C)nc1Cl. The van der Waals surface area contributed by atoms with E-state index in [1.807, 2.05) is 13.8 Å². The largest absolute Gasteiger partial charge is 0.368 e. The van der Waals surface area contributed by atoms with Crippen LogP contribution in [-0.2, 0) is 0 Å². The zero-order chi connectivity index (χ0) is 13.4. The van der Waals surface area contributed by atoms with Crippen LogP contribution in [-0.4, -0.2) is 16.5 Å². The number of halogens is 1. The van der Waals surface area contributed by atoms with Gasteiger partial charge in [-0.1, -0.05) is 50.6 Å². The van der Waals surface area contributed by atoms with E-state index < -0.39 is 0 Å². The molecule has 3 nitrogen and oxygen atoms in total. The van der Waals surface area contributed by atoms with Crippen LogP contribution in [0.15, 0.2) is 0 Å². The van der Waals surface area contributed by atoms with E-state index in [9.17, 15) is 0 Å². The van der Waals surface area contributed by atoms with Gasteiger partial charge in [-0.25, -0.2) is 9.97 Å². The third-order valence-electron chi connectivity index (χ3n) is 3.09. The average Bonchev–Trinajstić information content (AvgIpc) is 2.34. The Balaban J connectivity index is 2.25. The Labute approximate surface area is 115 Å². The number of aryl methyl sites for hydroxylation is 2. The normalized spacial score (nSPS) is 10.7. The van der Waals surface area contributed by atoms with Crippen molar-refractivity contribution in [3.8, 4) is 0 Å². The standard InChI is InChI=1S/C14H24ClN3/c1-4-5-6-7-8-9-10-16-14-13(15)17-11(2)12(3)18-14/h4-10H2,1-3H3,(H,16,18). The molecule has 0 spiro atoms. The van der Waals surface area contributed by atoms with Gasteiger partial charge in [0.1, 0.15) is 0 Å². The van der Waals surface area contributed by atoms with Crippen molar-refractivity contribution in [3.05, 3.63) is 16.5 Å². The summed E-state index contributed by atoms with van der Waals surface area (Å²) in [6, 6.07) is 0. The second-order valence-electron chi connectivity index (χ2n) is 4.73. The summed E-state index contributed by atoms with van der Waals surface area (Å²) in [5.74, 6) is 0.716. The lowest BCUT2D eigenvalue weighted by atomic mass is 10.1. The average molecular weight is 270 g/mol. The maximum atomic E-state index is 6.05. The van der Waals surface area contributed by atoms with Crippen LogP contribution in [0, 0.1) is 13.8 Å². The third kappa shape index (κ3) is 5.21. The molecular weight excluding hydrogens is 246 g/mol. The minimum atomic E-state index is 0.476. The molecule has 0 aliphatic rings. The number of nitrogens with one attached hydrogen (secondary N) is 1. The molecule has 0 unspecified atom stereocenters. The summed E-state index contributed by atoms with van der Waals surface area (Å²) in [5, 5.41) is 3.74. The van der Waals surface area contributed by atoms with Crippen LogP contribution < -0.4 is 5.32 Å². The van der Waals surface area contributed by atoms with Crippen molar-refractivity contribution in [2.75, 3.05) is 11.9 Å². The zero-order valence-electron chi connectivity index (χ0n) is 11.7. The monoisotopic (exact) mass is 269 g/mol. The van der Waals surface area contributed by atoms with E-state index in [1.165, 1.54) is 32.1 Å². The quantitative estimate of drug-likeness (QED) is 0.705. The minimum absolute atomic E-state index is 0.476. The van der Waals surface area contributed by atoms with Crippen LogP contribution in [0.4, 0.5) is 5.82 Å². The van der Waals surface area contributed by atoms with Gasteiger partial charge in [-0.05, 0) is 20.3 Å². The van der Waals surface area contributed by atoms with Crippen molar-refractivity contribution in [3.63, 3.8) is 0 Å². The topological polar surface area (TPSA) is 37.8 Å². The van der Waals surface area contributed by atoms with Gasteiger partial charge in [0, 0.05) is 6.54 Å². The number of hydrogen-bond donors (Lipinski definition) is 1. The predicted octanol–water partition coefficient (Wildman–Crippen LogP) is 4.52. The fraction of sp³-hybridized carbons (Fsp3) is 0.714. The molecule has 4 heteroatoms. The van der Waals surface area contributed by atoms with E-state index in [4.69, 9.17) is 11.6 Å². The summed E-state index contributed by atoms with van der Waals surface area (Å²) in [5.41, 5.74) is 1.83. The molecule has 0 aliphatic heterocycles. The fourth-order valence-electron chi connectivity index (χ4n) is 1.80. The number of unbranched alkanes of at least 4 members (excludes halogenated alkanes) is 5. The van der Waals surface area contributed by atoms with Crippen LogP contribution in [0.25, 0.3) is 0 Å². The van der Waals surface area contributed by atoms with Gasteiger partial charge < -0.3 is 5.32 Å². The Hall–Kier alpha value is -0.830. The molecule has 0 fully saturated rings. The number of nitrogens with zero attached hydrogens (tertiary/aromatic N) is 2. The molecule has 18 heavy (non-hydrogen) atoms. The summed E-state index contributed by atoms with van der Waals surface area (Å²) < 4.78 is 0. The number of anilines is 1. The second-order valence-corrected chi connectivity index (χ2v) is 5.09. The minimum Gasteiger partial charge on any atom is -0.368 e. The Kier molecular flexibility index (Phi) is 7.02. The molecule has 0 radical (unpaired) electrons. The Morgan fingerprint density at radius 3 is 2.28 bits per heavy atom. The van der Waals surface area contributed by atoms with E-state index >= 15 is 0 Å². The first-order chi connectivity index (χ1) is 8.65. The molecule has 0 atom stereocenters. The summed E-state index contributed by atoms with van der Waals surface area (Å²) >= 11 is 6.05. The van der Waals surface area contributed by atoms with Crippen molar-refractivity contribution >= 4 is 17.4 Å². The van der Waals surface area contributed by atoms with Crippen LogP contribution in [0.5, 0.6) is 0 Å². The molecule has 0 bridgehead atoms. The van der Waals surface area contributed by atoms with Crippen LogP contribution in [0.1, 0.15) is 56.8 Å². The molecule has 0 aromatic carbocycles. The first-order valence-corrected chi connectivity index (χ1v) is 7.27. The Morgan fingerprint density at radius 1 is 0.944 bits per heavy atom. The third-order valence-corrected chi connectivity index (χ3v) is 3.35.